The van der Waals surface area contributed by atoms with Crippen molar-refractivity contribution in [2.75, 3.05) is 0 Å². The molecule has 2 aromatic heterocycles. The molecule has 15 heavy (non-hydrogen) atoms. The zero-order valence-electron chi connectivity index (χ0n) is 9.04. The number of fused-ring (bicyclic) bond motifs is 1. The Balaban J connectivity index is 2.34. The summed E-state index contributed by atoms with van der Waals surface area (Å²) in [5.41, 5.74) is 1.05. The van der Waals surface area contributed by atoms with Gasteiger partial charge in [0.2, 0.25) is 0 Å². The van der Waals surface area contributed by atoms with E-state index in [0.29, 0.717) is 11.2 Å². The van der Waals surface area contributed by atoms with Crippen molar-refractivity contribution in [1.29, 1.82) is 0 Å². The highest BCUT2D eigenvalue weighted by atomic mass is 35.5. The first-order chi connectivity index (χ1) is 7.08. The van der Waals surface area contributed by atoms with Crippen molar-refractivity contribution in [3.8, 4) is 0 Å². The lowest BCUT2D eigenvalue weighted by atomic mass is 10.3. The average Bonchev–Trinajstić information content (AvgIpc) is 2.57. The number of halogens is 1. The minimum absolute atomic E-state index is 0.450. The Bertz CT molecular complexity index is 472. The van der Waals surface area contributed by atoms with Crippen LogP contribution in [0.1, 0.15) is 24.4 Å². The zero-order chi connectivity index (χ0) is 11.0. The molecular formula is C10H14ClN3S. The molecule has 0 spiro atoms. The highest BCUT2D eigenvalue weighted by molar-refractivity contribution is 7.17. The Morgan fingerprint density at radius 2 is 2.33 bits per heavy atom. The fourth-order valence-electron chi connectivity index (χ4n) is 1.43. The summed E-state index contributed by atoms with van der Waals surface area (Å²) in [7, 11) is 0. The zero-order valence-corrected chi connectivity index (χ0v) is 10.6. The van der Waals surface area contributed by atoms with Gasteiger partial charge in [-0.3, -0.25) is 4.40 Å². The molecule has 5 heteroatoms. The van der Waals surface area contributed by atoms with Gasteiger partial charge in [0.15, 0.2) is 10.1 Å². The Labute approximate surface area is 98.1 Å². The molecule has 0 aliphatic rings. The third-order valence-electron chi connectivity index (χ3n) is 2.17. The quantitative estimate of drug-likeness (QED) is 0.898. The highest BCUT2D eigenvalue weighted by Crippen LogP contribution is 2.23. The van der Waals surface area contributed by atoms with Crippen molar-refractivity contribution in [2.24, 2.45) is 0 Å². The number of aromatic nitrogens is 2. The van der Waals surface area contributed by atoms with E-state index < -0.39 is 0 Å². The van der Waals surface area contributed by atoms with E-state index in [-0.39, 0.29) is 0 Å². The minimum Gasteiger partial charge on any atom is -0.309 e. The minimum atomic E-state index is 0.450. The van der Waals surface area contributed by atoms with E-state index in [2.05, 4.69) is 41.7 Å². The SMILES string of the molecule is Cc1cn2c(CNC(C)C)c(Cl)nc2s1. The highest BCUT2D eigenvalue weighted by Gasteiger charge is 2.12. The maximum Gasteiger partial charge on any atom is 0.195 e. The Morgan fingerprint density at radius 3 is 3.00 bits per heavy atom. The predicted octanol–water partition coefficient (Wildman–Crippen LogP) is 2.86. The number of imidazole rings is 1. The second kappa shape index (κ2) is 4.12. The van der Waals surface area contributed by atoms with E-state index in [1.807, 2.05) is 0 Å². The van der Waals surface area contributed by atoms with Crippen LogP contribution < -0.4 is 5.32 Å². The molecule has 0 radical (unpaired) electrons. The van der Waals surface area contributed by atoms with E-state index in [1.54, 1.807) is 11.3 Å². The van der Waals surface area contributed by atoms with Gasteiger partial charge in [-0.25, -0.2) is 4.98 Å². The van der Waals surface area contributed by atoms with Crippen LogP contribution in [-0.2, 0) is 6.54 Å². The third kappa shape index (κ3) is 2.17. The maximum absolute atomic E-state index is 6.08. The molecule has 3 nitrogen and oxygen atoms in total. The number of hydrogen-bond donors (Lipinski definition) is 1. The summed E-state index contributed by atoms with van der Waals surface area (Å²) in [5, 5.41) is 3.96. The normalized spacial score (nSPS) is 11.8. The Hall–Kier alpha value is -0.580. The van der Waals surface area contributed by atoms with E-state index in [4.69, 9.17) is 11.6 Å². The Kier molecular flexibility index (Phi) is 3.00. The van der Waals surface area contributed by atoms with Crippen molar-refractivity contribution in [3.05, 3.63) is 21.9 Å². The van der Waals surface area contributed by atoms with Gasteiger partial charge in [-0.05, 0) is 6.92 Å². The van der Waals surface area contributed by atoms with Crippen LogP contribution in [0.3, 0.4) is 0 Å². The molecule has 1 N–H and O–H groups in total. The molecule has 2 heterocycles. The van der Waals surface area contributed by atoms with Crippen LogP contribution in [0, 0.1) is 6.92 Å². The summed E-state index contributed by atoms with van der Waals surface area (Å²) < 4.78 is 2.07. The molecular weight excluding hydrogens is 230 g/mol. The topological polar surface area (TPSA) is 29.3 Å². The number of rotatable bonds is 3. The van der Waals surface area contributed by atoms with E-state index >= 15 is 0 Å². The molecule has 0 aliphatic carbocycles. The molecule has 0 atom stereocenters. The molecule has 0 aromatic carbocycles. The van der Waals surface area contributed by atoms with Crippen molar-refractivity contribution in [1.82, 2.24) is 14.7 Å². The summed E-state index contributed by atoms with van der Waals surface area (Å²) in [5.74, 6) is 0. The van der Waals surface area contributed by atoms with Gasteiger partial charge in [-0.2, -0.15) is 0 Å². The van der Waals surface area contributed by atoms with Crippen LogP contribution >= 0.6 is 22.9 Å². The second-order valence-corrected chi connectivity index (χ2v) is 5.45. The lowest BCUT2D eigenvalue weighted by Crippen LogP contribution is -2.22. The van der Waals surface area contributed by atoms with E-state index in [1.165, 1.54) is 4.88 Å². The largest absolute Gasteiger partial charge is 0.309 e. The number of hydrogen-bond acceptors (Lipinski definition) is 3. The standard InChI is InChI=1S/C10H14ClN3S/c1-6(2)12-4-8-9(11)13-10-14(8)5-7(3)15-10/h5-6,12H,4H2,1-3H3. The van der Waals surface area contributed by atoms with Gasteiger partial charge < -0.3 is 5.32 Å². The van der Waals surface area contributed by atoms with Gasteiger partial charge in [-0.1, -0.05) is 25.4 Å². The first kappa shape index (κ1) is 10.9. The molecule has 0 saturated heterocycles. The van der Waals surface area contributed by atoms with Gasteiger partial charge in [0.05, 0.1) is 5.69 Å². The monoisotopic (exact) mass is 243 g/mol. The predicted molar refractivity (Wildman–Crippen MR) is 64.8 cm³/mol. The van der Waals surface area contributed by atoms with Crippen LogP contribution in [-0.4, -0.2) is 15.4 Å². The summed E-state index contributed by atoms with van der Waals surface area (Å²) in [6.07, 6.45) is 2.08. The summed E-state index contributed by atoms with van der Waals surface area (Å²) in [6, 6.07) is 0.450. The first-order valence-corrected chi connectivity index (χ1v) is 6.13. The molecule has 2 rings (SSSR count). The van der Waals surface area contributed by atoms with Crippen molar-refractivity contribution in [2.45, 2.75) is 33.4 Å². The first-order valence-electron chi connectivity index (χ1n) is 4.94. The second-order valence-electron chi connectivity index (χ2n) is 3.88. The van der Waals surface area contributed by atoms with Crippen molar-refractivity contribution < 1.29 is 0 Å². The average molecular weight is 244 g/mol. The molecule has 0 amide bonds. The van der Waals surface area contributed by atoms with Crippen LogP contribution in [0.25, 0.3) is 4.96 Å². The molecule has 82 valence electrons. The van der Waals surface area contributed by atoms with Crippen molar-refractivity contribution in [3.63, 3.8) is 0 Å². The third-order valence-corrected chi connectivity index (χ3v) is 3.37. The fraction of sp³-hybridized carbons (Fsp3) is 0.500. The molecule has 0 saturated carbocycles. The molecule has 0 bridgehead atoms. The van der Waals surface area contributed by atoms with Crippen LogP contribution in [0.15, 0.2) is 6.20 Å². The van der Waals surface area contributed by atoms with Gasteiger partial charge in [0, 0.05) is 23.7 Å². The smallest absolute Gasteiger partial charge is 0.195 e. The van der Waals surface area contributed by atoms with Crippen LogP contribution in [0.5, 0.6) is 0 Å². The van der Waals surface area contributed by atoms with E-state index in [9.17, 15) is 0 Å². The van der Waals surface area contributed by atoms with Gasteiger partial charge in [0.1, 0.15) is 0 Å². The summed E-state index contributed by atoms with van der Waals surface area (Å²) in [6.45, 7) is 7.07. The number of nitrogens with one attached hydrogen (secondary N) is 1. The molecule has 0 unspecified atom stereocenters. The van der Waals surface area contributed by atoms with E-state index in [0.717, 1.165) is 17.2 Å². The lowest BCUT2D eigenvalue weighted by molar-refractivity contribution is 0.580. The van der Waals surface area contributed by atoms with Crippen LogP contribution in [0.4, 0.5) is 0 Å². The molecule has 0 fully saturated rings. The maximum atomic E-state index is 6.08. The lowest BCUT2D eigenvalue weighted by Gasteiger charge is -2.07. The molecule has 0 aliphatic heterocycles. The van der Waals surface area contributed by atoms with Gasteiger partial charge in [-0.15, -0.1) is 11.3 Å². The number of aryl methyl sites for hydroxylation is 1. The fourth-order valence-corrected chi connectivity index (χ4v) is 2.57. The molecule has 2 aromatic rings. The van der Waals surface area contributed by atoms with Gasteiger partial charge in [0.25, 0.3) is 0 Å². The summed E-state index contributed by atoms with van der Waals surface area (Å²) in [4.78, 5) is 6.54. The van der Waals surface area contributed by atoms with Gasteiger partial charge >= 0.3 is 0 Å². The number of nitrogens with zero attached hydrogens (tertiary/aromatic N) is 2. The Morgan fingerprint density at radius 1 is 1.60 bits per heavy atom. The summed E-state index contributed by atoms with van der Waals surface area (Å²) >= 11 is 7.74. The van der Waals surface area contributed by atoms with Crippen molar-refractivity contribution >= 4 is 27.9 Å². The number of thiazole rings is 1. The van der Waals surface area contributed by atoms with Crippen LogP contribution in [0.2, 0.25) is 5.15 Å².